The van der Waals surface area contributed by atoms with Gasteiger partial charge in [0.05, 0.1) is 5.56 Å². The molecule has 11 heteroatoms. The van der Waals surface area contributed by atoms with E-state index in [2.05, 4.69) is 25.8 Å². The van der Waals surface area contributed by atoms with Crippen LogP contribution in [0.15, 0.2) is 54.7 Å². The summed E-state index contributed by atoms with van der Waals surface area (Å²) in [6.07, 6.45) is -1.28. The van der Waals surface area contributed by atoms with Gasteiger partial charge in [0.15, 0.2) is 0 Å². The molecule has 1 aliphatic heterocycles. The third kappa shape index (κ3) is 7.62. The third-order valence-corrected chi connectivity index (χ3v) is 7.25. The maximum atomic E-state index is 13.7. The largest absolute Gasteiger partial charge is 0.457 e. The van der Waals surface area contributed by atoms with Gasteiger partial charge in [-0.3, -0.25) is 14.5 Å². The molecule has 8 nitrogen and oxygen atoms in total. The summed E-state index contributed by atoms with van der Waals surface area (Å²) in [6.45, 7) is 4.87. The predicted molar refractivity (Wildman–Crippen MR) is 149 cm³/mol. The topological polar surface area (TPSA) is 95.6 Å². The molecule has 2 aromatic carbocycles. The van der Waals surface area contributed by atoms with E-state index in [0.29, 0.717) is 48.7 Å². The molecule has 0 spiro atoms. The van der Waals surface area contributed by atoms with Gasteiger partial charge in [-0.15, -0.1) is 0 Å². The number of anilines is 2. The van der Waals surface area contributed by atoms with Crippen LogP contribution < -0.4 is 20.7 Å². The molecule has 1 atom stereocenters. The number of alkyl halides is 3. The summed E-state index contributed by atoms with van der Waals surface area (Å²) < 4.78 is 47.0. The smallest absolute Gasteiger partial charge is 0.416 e. The van der Waals surface area contributed by atoms with Crippen LogP contribution in [0.5, 0.6) is 11.5 Å². The molecule has 1 aliphatic carbocycles. The number of nitrogens with zero attached hydrogens (tertiary/aromatic N) is 2. The van der Waals surface area contributed by atoms with Crippen molar-refractivity contribution in [2.45, 2.75) is 38.9 Å². The lowest BCUT2D eigenvalue weighted by Crippen LogP contribution is -2.42. The lowest BCUT2D eigenvalue weighted by Gasteiger charge is -2.28. The van der Waals surface area contributed by atoms with Crippen LogP contribution in [0.25, 0.3) is 0 Å². The fourth-order valence-corrected chi connectivity index (χ4v) is 5.27. The van der Waals surface area contributed by atoms with Gasteiger partial charge in [0.25, 0.3) is 0 Å². The van der Waals surface area contributed by atoms with E-state index in [9.17, 15) is 22.8 Å². The van der Waals surface area contributed by atoms with Crippen LogP contribution in [0.3, 0.4) is 0 Å². The Morgan fingerprint density at radius 3 is 2.56 bits per heavy atom. The zero-order chi connectivity index (χ0) is 29.0. The Balaban J connectivity index is 1.28. The molecule has 0 saturated carbocycles. The lowest BCUT2D eigenvalue weighted by molar-refractivity contribution is -0.137. The molecule has 216 valence electrons. The summed E-state index contributed by atoms with van der Waals surface area (Å²) in [5.41, 5.74) is 1.96. The molecule has 1 unspecified atom stereocenters. The van der Waals surface area contributed by atoms with Crippen LogP contribution in [0.1, 0.15) is 35.6 Å². The van der Waals surface area contributed by atoms with Gasteiger partial charge in [-0.2, -0.15) is 13.2 Å². The van der Waals surface area contributed by atoms with Crippen molar-refractivity contribution in [3.05, 3.63) is 77.0 Å². The van der Waals surface area contributed by atoms with Crippen molar-refractivity contribution in [2.24, 2.45) is 5.92 Å². The molecule has 5 rings (SSSR count). The molecule has 2 heterocycles. The number of fused-ring (bicyclic) bond motifs is 1. The van der Waals surface area contributed by atoms with E-state index in [1.807, 2.05) is 18.2 Å². The number of carbonyl (C=O) groups is 2. The van der Waals surface area contributed by atoms with Crippen molar-refractivity contribution in [3.63, 3.8) is 0 Å². The second kappa shape index (κ2) is 12.3. The number of piperazine rings is 1. The number of ether oxygens (including phenoxy) is 1. The molecule has 1 saturated heterocycles. The fraction of sp³-hybridized carbons (Fsp3) is 0.367. The number of carbonyl (C=O) groups excluding carboxylic acids is 2. The Morgan fingerprint density at radius 2 is 1.80 bits per heavy atom. The van der Waals surface area contributed by atoms with Crippen molar-refractivity contribution >= 4 is 23.3 Å². The molecule has 0 radical (unpaired) electrons. The highest BCUT2D eigenvalue weighted by Gasteiger charge is 2.32. The second-order valence-corrected chi connectivity index (χ2v) is 10.5. The Kier molecular flexibility index (Phi) is 8.55. The number of hydrogen-bond donors (Lipinski definition) is 3. The van der Waals surface area contributed by atoms with Crippen LogP contribution >= 0.6 is 0 Å². The zero-order valence-corrected chi connectivity index (χ0v) is 22.7. The average Bonchev–Trinajstić information content (AvgIpc) is 2.92. The van der Waals surface area contributed by atoms with E-state index >= 15 is 0 Å². The lowest BCUT2D eigenvalue weighted by atomic mass is 9.83. The highest BCUT2D eigenvalue weighted by Crippen LogP contribution is 2.34. The number of hydrogen-bond acceptors (Lipinski definition) is 6. The maximum absolute atomic E-state index is 13.7. The van der Waals surface area contributed by atoms with Crippen LogP contribution in [0, 0.1) is 5.92 Å². The quantitative estimate of drug-likeness (QED) is 0.372. The van der Waals surface area contributed by atoms with Crippen molar-refractivity contribution in [3.8, 4) is 11.5 Å². The number of amides is 2. The number of aromatic nitrogens is 1. The maximum Gasteiger partial charge on any atom is 0.416 e. The SMILES string of the molecule is CC(=O)Nc1cc(Oc2ccc3c(c2)CC(C(=O)Nc2cc(CN4CCNCC4)cc(C(F)(F)F)c2)CC3)ccn1. The molecule has 41 heavy (non-hydrogen) atoms. The molecule has 2 amide bonds. The van der Waals surface area contributed by atoms with Crippen molar-refractivity contribution in [1.29, 1.82) is 0 Å². The molecule has 1 aromatic heterocycles. The standard InChI is InChI=1S/C30H32F3N5O3/c1-19(39)36-28-17-27(6-7-35-28)41-26-5-4-21-2-3-22(14-23(21)15-26)29(40)37-25-13-20(12-24(16-25)30(31,32)33)18-38-10-8-34-9-11-38/h4-7,12-13,15-17,22,34H,2-3,8-11,14,18H2,1H3,(H,37,40)(H,35,36,39). The van der Waals surface area contributed by atoms with Gasteiger partial charge in [0.1, 0.15) is 17.3 Å². The van der Waals surface area contributed by atoms with E-state index < -0.39 is 17.7 Å². The summed E-state index contributed by atoms with van der Waals surface area (Å²) in [7, 11) is 0. The fourth-order valence-electron chi connectivity index (χ4n) is 5.27. The van der Waals surface area contributed by atoms with Gasteiger partial charge >= 0.3 is 6.18 Å². The number of rotatable bonds is 7. The third-order valence-electron chi connectivity index (χ3n) is 7.25. The van der Waals surface area contributed by atoms with Crippen LogP contribution in [0.4, 0.5) is 24.7 Å². The van der Waals surface area contributed by atoms with Crippen molar-refractivity contribution in [2.75, 3.05) is 36.8 Å². The molecule has 3 N–H and O–H groups in total. The number of benzene rings is 2. The second-order valence-electron chi connectivity index (χ2n) is 10.5. The van der Waals surface area contributed by atoms with Crippen LogP contribution in [0.2, 0.25) is 0 Å². The minimum Gasteiger partial charge on any atom is -0.457 e. The molecule has 3 aromatic rings. The number of aryl methyl sites for hydroxylation is 1. The summed E-state index contributed by atoms with van der Waals surface area (Å²) in [4.78, 5) is 30.8. The molecule has 0 bridgehead atoms. The van der Waals surface area contributed by atoms with Gasteiger partial charge < -0.3 is 20.7 Å². The normalized spacial score (nSPS) is 17.4. The molecular weight excluding hydrogens is 535 g/mol. The molecule has 2 aliphatic rings. The number of halogens is 3. The van der Waals surface area contributed by atoms with E-state index in [0.717, 1.165) is 49.4 Å². The summed E-state index contributed by atoms with van der Waals surface area (Å²) in [5, 5.41) is 8.62. The van der Waals surface area contributed by atoms with E-state index in [4.69, 9.17) is 4.74 Å². The van der Waals surface area contributed by atoms with Gasteiger partial charge in [0.2, 0.25) is 11.8 Å². The Morgan fingerprint density at radius 1 is 1.02 bits per heavy atom. The minimum atomic E-state index is -4.52. The van der Waals surface area contributed by atoms with E-state index in [-0.39, 0.29) is 17.5 Å². The molecule has 1 fully saturated rings. The first-order chi connectivity index (χ1) is 19.6. The number of pyridine rings is 1. The summed E-state index contributed by atoms with van der Waals surface area (Å²) in [6, 6.07) is 12.8. The Hall–Kier alpha value is -3.96. The van der Waals surface area contributed by atoms with E-state index in [1.165, 1.54) is 13.1 Å². The minimum absolute atomic E-state index is 0.158. The van der Waals surface area contributed by atoms with Crippen LogP contribution in [-0.4, -0.2) is 47.9 Å². The van der Waals surface area contributed by atoms with Gasteiger partial charge in [-0.05, 0) is 72.4 Å². The number of nitrogens with one attached hydrogen (secondary N) is 3. The van der Waals surface area contributed by atoms with Crippen molar-refractivity contribution in [1.82, 2.24) is 15.2 Å². The molecular formula is C30H32F3N5O3. The first kappa shape index (κ1) is 28.6. The summed E-state index contributed by atoms with van der Waals surface area (Å²) in [5.74, 6) is 0.499. The Bertz CT molecular complexity index is 1420. The Labute approximate surface area is 236 Å². The van der Waals surface area contributed by atoms with Gasteiger partial charge in [-0.1, -0.05) is 6.07 Å². The van der Waals surface area contributed by atoms with E-state index in [1.54, 1.807) is 18.2 Å². The van der Waals surface area contributed by atoms with Crippen LogP contribution in [-0.2, 0) is 35.2 Å². The first-order valence-corrected chi connectivity index (χ1v) is 13.6. The highest BCUT2D eigenvalue weighted by molar-refractivity contribution is 5.93. The predicted octanol–water partition coefficient (Wildman–Crippen LogP) is 5.00. The van der Waals surface area contributed by atoms with Gasteiger partial charge in [0, 0.05) is 63.5 Å². The average molecular weight is 568 g/mol. The zero-order valence-electron chi connectivity index (χ0n) is 22.7. The highest BCUT2D eigenvalue weighted by atomic mass is 19.4. The van der Waals surface area contributed by atoms with Crippen molar-refractivity contribution < 1.29 is 27.5 Å². The first-order valence-electron chi connectivity index (χ1n) is 13.6. The monoisotopic (exact) mass is 567 g/mol. The summed E-state index contributed by atoms with van der Waals surface area (Å²) >= 11 is 0. The van der Waals surface area contributed by atoms with Gasteiger partial charge in [-0.25, -0.2) is 4.98 Å².